The first-order valence-electron chi connectivity index (χ1n) is 9.17. The standard InChI is InChI=1S/C10H16N2O8.4C2H4O2.2Na.2H2O/c1-7(13)17-11(18-8(2)14)5-6-12(19-9(3)15)20-10(4)16;4*1-2(3)4;;;;/h5-6H2,1-4H3;4*1H3,(H,3,4);;;2*1H2/q;;;;;2*+1;;/p-2. The van der Waals surface area contributed by atoms with Gasteiger partial charge in [0.1, 0.15) is 0 Å². The fourth-order valence-electron chi connectivity index (χ4n) is 0.957. The Morgan fingerprint density at radius 1 is 0.500 bits per heavy atom. The molecule has 40 heavy (non-hydrogen) atoms. The Kier molecular flexibility index (Phi) is 63.2. The Labute approximate surface area is 273 Å². The normalized spacial score (nSPS) is 7.55. The summed E-state index contributed by atoms with van der Waals surface area (Å²) in [6, 6.07) is 0. The van der Waals surface area contributed by atoms with Crippen LogP contribution in [0.5, 0.6) is 0 Å². The van der Waals surface area contributed by atoms with E-state index in [1.54, 1.807) is 0 Å². The number of rotatable bonds is 7. The third-order valence-electron chi connectivity index (χ3n) is 1.39. The number of hydrogen-bond donors (Lipinski definition) is 2. The zero-order valence-corrected chi connectivity index (χ0v) is 27.9. The van der Waals surface area contributed by atoms with Gasteiger partial charge in [-0.3, -0.25) is 28.8 Å². The second-order valence-corrected chi connectivity index (χ2v) is 5.47. The van der Waals surface area contributed by atoms with Crippen LogP contribution in [0, 0.1) is 0 Å². The summed E-state index contributed by atoms with van der Waals surface area (Å²) in [5.41, 5.74) is 0. The maximum Gasteiger partial charge on any atom is 1.00 e. The Morgan fingerprint density at radius 3 is 0.675 bits per heavy atom. The minimum atomic E-state index is -1.08. The molecule has 0 aliphatic rings. The van der Waals surface area contributed by atoms with E-state index in [-0.39, 0.29) is 83.2 Å². The topological polar surface area (TPSA) is 330 Å². The summed E-state index contributed by atoms with van der Waals surface area (Å²) in [6.07, 6.45) is 0. The van der Waals surface area contributed by atoms with E-state index in [1.807, 2.05) is 0 Å². The number of carbonyl (C=O) groups excluding carboxylic acids is 6. The summed E-state index contributed by atoms with van der Waals surface area (Å²) in [4.78, 5) is 97.2. The van der Waals surface area contributed by atoms with Crippen molar-refractivity contribution < 1.29 is 148 Å². The first-order chi connectivity index (χ1) is 16.1. The van der Waals surface area contributed by atoms with Crippen molar-refractivity contribution in [2.75, 3.05) is 13.1 Å². The molecule has 0 atom stereocenters. The van der Waals surface area contributed by atoms with Crippen molar-refractivity contribution in [2.45, 2.75) is 55.4 Å². The Morgan fingerprint density at radius 2 is 0.600 bits per heavy atom. The summed E-state index contributed by atoms with van der Waals surface area (Å²) in [5.74, 6) is -6.73. The molecule has 0 aliphatic carbocycles. The predicted octanol–water partition coefficient (Wildman–Crippen LogP) is -10.4. The van der Waals surface area contributed by atoms with Crippen molar-refractivity contribution in [1.82, 2.24) is 10.5 Å². The van der Waals surface area contributed by atoms with Gasteiger partial charge in [0.15, 0.2) is 0 Å². The van der Waals surface area contributed by atoms with E-state index in [0.717, 1.165) is 55.4 Å². The van der Waals surface area contributed by atoms with Crippen molar-refractivity contribution in [1.29, 1.82) is 0 Å². The average Bonchev–Trinajstić information content (AvgIpc) is 2.55. The maximum atomic E-state index is 10.8. The summed E-state index contributed by atoms with van der Waals surface area (Å²) < 4.78 is 0. The third kappa shape index (κ3) is 123. The van der Waals surface area contributed by atoms with E-state index < -0.39 is 47.8 Å². The van der Waals surface area contributed by atoms with Gasteiger partial charge in [0, 0.05) is 63.9 Å². The molecular weight excluding hydrogens is 578 g/mol. The monoisotopic (exact) mass is 612 g/mol. The molecule has 0 amide bonds. The van der Waals surface area contributed by atoms with E-state index in [0.29, 0.717) is 10.5 Å². The van der Waals surface area contributed by atoms with Gasteiger partial charge in [0.2, 0.25) is 0 Å². The fourth-order valence-corrected chi connectivity index (χ4v) is 0.957. The van der Waals surface area contributed by atoms with E-state index in [4.69, 9.17) is 39.6 Å². The molecule has 0 spiro atoms. The van der Waals surface area contributed by atoms with Gasteiger partial charge in [0.05, 0.1) is 13.1 Å². The molecule has 0 aromatic carbocycles. The molecule has 0 bridgehead atoms. The van der Waals surface area contributed by atoms with Crippen molar-refractivity contribution in [2.24, 2.45) is 0 Å². The number of hydroxylamine groups is 4. The quantitative estimate of drug-likeness (QED) is 0.199. The van der Waals surface area contributed by atoms with E-state index in [1.165, 1.54) is 0 Å². The molecule has 0 aromatic heterocycles. The number of carboxylic acids is 4. The fraction of sp³-hybridized carbons (Fsp3) is 0.556. The summed E-state index contributed by atoms with van der Waals surface area (Å²) in [5, 5.41) is 33.8. The minimum absolute atomic E-state index is 0. The number of carbonyl (C=O) groups is 8. The predicted molar refractivity (Wildman–Crippen MR) is 116 cm³/mol. The molecule has 20 nitrogen and oxygen atoms in total. The van der Waals surface area contributed by atoms with E-state index in [2.05, 4.69) is 19.4 Å². The van der Waals surface area contributed by atoms with Gasteiger partial charge in [0.25, 0.3) is 11.9 Å². The van der Waals surface area contributed by atoms with Crippen LogP contribution in [0.1, 0.15) is 55.4 Å². The molecule has 226 valence electrons. The van der Waals surface area contributed by atoms with Crippen LogP contribution in [0.15, 0.2) is 0 Å². The maximum absolute atomic E-state index is 10.8. The molecule has 0 saturated carbocycles. The van der Waals surface area contributed by atoms with Crippen LogP contribution in [0.3, 0.4) is 0 Å². The Balaban J connectivity index is -0.0000000568. The van der Waals surface area contributed by atoms with Crippen LogP contribution in [-0.2, 0) is 57.7 Å². The van der Waals surface area contributed by atoms with Gasteiger partial charge >= 0.3 is 83.0 Å². The molecule has 0 unspecified atom stereocenters. The molecule has 6 N–H and O–H groups in total. The Hall–Kier alpha value is -2.40. The Bertz CT molecular complexity index is 604. The SMILES string of the molecule is CC(=O)O.CC(=O)O.CC(=O)ON(CCN(OC(C)=O)OC(C)=O)OC(C)=O.CC(=O)[O-].CC(=O)[O-].O.O.[Na+].[Na+]. The molecule has 0 heterocycles. The molecule has 22 heteroatoms. The molecular formula is C18H34N2Na2O18. The van der Waals surface area contributed by atoms with Gasteiger partial charge in [-0.2, -0.15) is 0 Å². The molecule has 0 fully saturated rings. The van der Waals surface area contributed by atoms with Crippen molar-refractivity contribution in [3.8, 4) is 0 Å². The van der Waals surface area contributed by atoms with Crippen molar-refractivity contribution in [3.63, 3.8) is 0 Å². The summed E-state index contributed by atoms with van der Waals surface area (Å²) in [7, 11) is 0. The molecule has 0 saturated heterocycles. The summed E-state index contributed by atoms with van der Waals surface area (Å²) in [6.45, 7) is 8.08. The summed E-state index contributed by atoms with van der Waals surface area (Å²) >= 11 is 0. The van der Waals surface area contributed by atoms with Crippen LogP contribution in [0.2, 0.25) is 0 Å². The number of hydrogen-bond acceptors (Lipinski definition) is 16. The molecule has 0 rings (SSSR count). The van der Waals surface area contributed by atoms with Crippen LogP contribution in [-0.4, -0.2) is 92.5 Å². The van der Waals surface area contributed by atoms with Gasteiger partial charge in [-0.25, -0.2) is 0 Å². The first kappa shape index (κ1) is 61.6. The largest absolute Gasteiger partial charge is 1.00 e. The molecule has 0 aromatic rings. The number of nitrogens with zero attached hydrogens (tertiary/aromatic N) is 2. The van der Waals surface area contributed by atoms with Gasteiger partial charge < -0.3 is 60.3 Å². The van der Waals surface area contributed by atoms with Crippen LogP contribution < -0.4 is 69.3 Å². The zero-order chi connectivity index (χ0) is 30.0. The van der Waals surface area contributed by atoms with Crippen molar-refractivity contribution >= 4 is 47.8 Å². The van der Waals surface area contributed by atoms with E-state index in [9.17, 15) is 19.2 Å². The zero-order valence-electron chi connectivity index (χ0n) is 23.9. The average molecular weight is 612 g/mol. The van der Waals surface area contributed by atoms with Gasteiger partial charge in [-0.15, -0.1) is 0 Å². The van der Waals surface area contributed by atoms with Crippen molar-refractivity contribution in [3.05, 3.63) is 0 Å². The van der Waals surface area contributed by atoms with E-state index >= 15 is 0 Å². The molecule has 0 aliphatic heterocycles. The second-order valence-electron chi connectivity index (χ2n) is 5.47. The smallest absolute Gasteiger partial charge is 0.550 e. The van der Waals surface area contributed by atoms with Crippen LogP contribution in [0.25, 0.3) is 0 Å². The molecule has 0 radical (unpaired) electrons. The van der Waals surface area contributed by atoms with Gasteiger partial charge in [-0.05, 0) is 13.8 Å². The van der Waals surface area contributed by atoms with Crippen LogP contribution >= 0.6 is 0 Å². The van der Waals surface area contributed by atoms with Gasteiger partial charge in [-0.1, -0.05) is 0 Å². The number of carboxylic acid groups (broad SMARTS) is 4. The van der Waals surface area contributed by atoms with Crippen LogP contribution in [0.4, 0.5) is 0 Å². The minimum Gasteiger partial charge on any atom is -0.550 e. The first-order valence-corrected chi connectivity index (χ1v) is 9.17. The third-order valence-corrected chi connectivity index (χ3v) is 1.39. The number of aliphatic carboxylic acids is 4. The second kappa shape index (κ2) is 41.1.